The van der Waals surface area contributed by atoms with Gasteiger partial charge in [0, 0.05) is 55.2 Å². The molecule has 0 radical (unpaired) electrons. The molecule has 168 valence electrons. The van der Waals surface area contributed by atoms with Crippen LogP contribution in [-0.2, 0) is 27.8 Å². The molecule has 1 saturated carbocycles. The number of fused-ring (bicyclic) bond motifs is 1. The number of ether oxygens (including phenoxy) is 1. The van der Waals surface area contributed by atoms with Gasteiger partial charge in [-0.3, -0.25) is 4.90 Å². The molecule has 1 aromatic carbocycles. The molecule has 2 fully saturated rings. The third-order valence-corrected chi connectivity index (χ3v) is 8.36. The second-order valence-electron chi connectivity index (χ2n) is 8.54. The van der Waals surface area contributed by atoms with Crippen molar-refractivity contribution in [3.63, 3.8) is 0 Å². The van der Waals surface area contributed by atoms with E-state index in [1.54, 1.807) is 6.20 Å². The van der Waals surface area contributed by atoms with Gasteiger partial charge in [0.15, 0.2) is 11.6 Å². The Morgan fingerprint density at radius 2 is 1.81 bits per heavy atom. The number of nitrogens with two attached hydrogens (primary N) is 1. The van der Waals surface area contributed by atoms with Gasteiger partial charge in [0.1, 0.15) is 11.9 Å². The lowest BCUT2D eigenvalue weighted by Crippen LogP contribution is -2.38. The van der Waals surface area contributed by atoms with Crippen LogP contribution in [-0.4, -0.2) is 46.4 Å². The summed E-state index contributed by atoms with van der Waals surface area (Å²) in [6.07, 6.45) is 3.17. The highest BCUT2D eigenvalue weighted by Crippen LogP contribution is 2.35. The Balaban J connectivity index is 1.29. The molecule has 3 heterocycles. The second-order valence-corrected chi connectivity index (χ2v) is 10.6. The van der Waals surface area contributed by atoms with E-state index < -0.39 is 39.6 Å². The van der Waals surface area contributed by atoms with Crippen molar-refractivity contribution in [2.45, 2.75) is 62.2 Å². The average molecular weight is 456 g/mol. The van der Waals surface area contributed by atoms with Gasteiger partial charge in [-0.15, -0.1) is 0 Å². The fourth-order valence-electron chi connectivity index (χ4n) is 4.48. The van der Waals surface area contributed by atoms with Crippen molar-refractivity contribution < 1.29 is 26.3 Å². The number of hydrogen-bond acceptors (Lipinski definition) is 6. The minimum Gasteiger partial charge on any atom is -0.372 e. The van der Waals surface area contributed by atoms with Gasteiger partial charge >= 0.3 is 0 Å². The number of aromatic nitrogens is 2. The first-order valence-corrected chi connectivity index (χ1v) is 11.8. The summed E-state index contributed by atoms with van der Waals surface area (Å²) in [6.45, 7) is 1.31. The summed E-state index contributed by atoms with van der Waals surface area (Å²) in [5.41, 5.74) is 7.80. The Hall–Kier alpha value is -1.95. The monoisotopic (exact) mass is 456 g/mol. The smallest absolute Gasteiger partial charge is 0.256 e. The minimum atomic E-state index is -3.40. The highest BCUT2D eigenvalue weighted by molar-refractivity contribution is 7.90. The zero-order valence-electron chi connectivity index (χ0n) is 16.7. The number of hydrogen-bond donors (Lipinski definition) is 1. The summed E-state index contributed by atoms with van der Waals surface area (Å²) in [4.78, 5) is 2.15. The Kier molecular flexibility index (Phi) is 5.11. The van der Waals surface area contributed by atoms with Gasteiger partial charge in [0.25, 0.3) is 10.0 Å². The highest BCUT2D eigenvalue weighted by Gasteiger charge is 2.40. The molecule has 2 N–H and O–H groups in total. The van der Waals surface area contributed by atoms with Crippen molar-refractivity contribution in [1.29, 1.82) is 0 Å². The quantitative estimate of drug-likeness (QED) is 0.710. The van der Waals surface area contributed by atoms with E-state index in [2.05, 4.69) is 10.00 Å². The van der Waals surface area contributed by atoms with Crippen molar-refractivity contribution in [2.75, 3.05) is 6.61 Å². The van der Waals surface area contributed by atoms with Crippen molar-refractivity contribution >= 4 is 10.0 Å². The van der Waals surface area contributed by atoms with Crippen LogP contribution in [0.5, 0.6) is 0 Å². The van der Waals surface area contributed by atoms with Crippen LogP contribution >= 0.6 is 0 Å². The van der Waals surface area contributed by atoms with Crippen LogP contribution in [0.2, 0.25) is 0 Å². The fourth-order valence-corrected chi connectivity index (χ4v) is 6.00. The lowest BCUT2D eigenvalue weighted by atomic mass is 9.96. The molecule has 1 aromatic heterocycles. The lowest BCUT2D eigenvalue weighted by Gasteiger charge is -2.28. The number of benzene rings is 1. The molecule has 1 saturated heterocycles. The molecule has 7 nitrogen and oxygen atoms in total. The predicted molar refractivity (Wildman–Crippen MR) is 105 cm³/mol. The van der Waals surface area contributed by atoms with Crippen molar-refractivity contribution in [1.82, 2.24) is 14.1 Å². The maximum atomic E-state index is 14.2. The van der Waals surface area contributed by atoms with Crippen molar-refractivity contribution in [3.8, 4) is 0 Å². The second kappa shape index (κ2) is 7.58. The zero-order valence-corrected chi connectivity index (χ0v) is 17.5. The molecule has 1 unspecified atom stereocenters. The standard InChI is InChI=1S/C20H23F3N4O3S/c21-15-7-17(23)16(22)6-14(15)20-18(24)5-12(3-4-30-20)26-8-11-9-27(25-19(11)10-26)31(28,29)13-1-2-13/h6-7,9,12-13,18,20H,1-5,8,10,24H2/t12?,18-,20+/m0/s1. The maximum Gasteiger partial charge on any atom is 0.256 e. The normalized spacial score (nSPS) is 27.3. The van der Waals surface area contributed by atoms with Crippen LogP contribution in [0.1, 0.15) is 48.6 Å². The van der Waals surface area contributed by atoms with E-state index in [4.69, 9.17) is 10.5 Å². The first-order valence-electron chi connectivity index (χ1n) is 10.3. The van der Waals surface area contributed by atoms with Gasteiger partial charge in [-0.25, -0.2) is 21.6 Å². The summed E-state index contributed by atoms with van der Waals surface area (Å²) in [7, 11) is -3.40. The molecule has 0 spiro atoms. The molecular formula is C20H23F3N4O3S. The summed E-state index contributed by atoms with van der Waals surface area (Å²) >= 11 is 0. The van der Waals surface area contributed by atoms with Crippen LogP contribution in [0.15, 0.2) is 18.3 Å². The van der Waals surface area contributed by atoms with Gasteiger partial charge < -0.3 is 10.5 Å². The van der Waals surface area contributed by atoms with E-state index in [1.807, 2.05) is 0 Å². The number of nitrogens with zero attached hydrogens (tertiary/aromatic N) is 3. The summed E-state index contributed by atoms with van der Waals surface area (Å²) < 4.78 is 72.8. The molecular weight excluding hydrogens is 433 g/mol. The van der Waals surface area contributed by atoms with Crippen LogP contribution in [0.25, 0.3) is 0 Å². The van der Waals surface area contributed by atoms with E-state index in [0.29, 0.717) is 44.8 Å². The van der Waals surface area contributed by atoms with Crippen LogP contribution in [0, 0.1) is 17.5 Å². The van der Waals surface area contributed by atoms with Crippen LogP contribution in [0.3, 0.4) is 0 Å². The Morgan fingerprint density at radius 1 is 1.06 bits per heavy atom. The SMILES string of the molecule is N[C@H]1CC(N2Cc3cn(S(=O)(=O)C4CC4)nc3C2)CCO[C@@H]1c1cc(F)c(F)cc1F. The van der Waals surface area contributed by atoms with Crippen LogP contribution < -0.4 is 5.73 Å². The van der Waals surface area contributed by atoms with Crippen molar-refractivity contribution in [2.24, 2.45) is 5.73 Å². The molecule has 11 heteroatoms. The Labute approximate surface area is 178 Å². The fraction of sp³-hybridized carbons (Fsp3) is 0.550. The number of rotatable bonds is 4. The molecule has 1 aliphatic carbocycles. The average Bonchev–Trinajstić information content (AvgIpc) is 3.42. The van der Waals surface area contributed by atoms with Crippen LogP contribution in [0.4, 0.5) is 13.2 Å². The van der Waals surface area contributed by atoms with E-state index >= 15 is 0 Å². The largest absolute Gasteiger partial charge is 0.372 e. The molecule has 31 heavy (non-hydrogen) atoms. The predicted octanol–water partition coefficient (Wildman–Crippen LogP) is 2.20. The van der Waals surface area contributed by atoms with Gasteiger partial charge in [0.05, 0.1) is 10.9 Å². The summed E-state index contributed by atoms with van der Waals surface area (Å²) in [6, 6.07) is 0.715. The van der Waals surface area contributed by atoms with E-state index in [9.17, 15) is 21.6 Å². The summed E-state index contributed by atoms with van der Waals surface area (Å²) in [5, 5.41) is 3.98. The molecule has 0 amide bonds. The van der Waals surface area contributed by atoms with Gasteiger partial charge in [0.2, 0.25) is 0 Å². The van der Waals surface area contributed by atoms with E-state index in [-0.39, 0.29) is 23.5 Å². The minimum absolute atomic E-state index is 0.0102. The van der Waals surface area contributed by atoms with Gasteiger partial charge in [-0.2, -0.15) is 9.19 Å². The summed E-state index contributed by atoms with van der Waals surface area (Å²) in [5.74, 6) is -3.28. The highest BCUT2D eigenvalue weighted by atomic mass is 32.2. The lowest BCUT2D eigenvalue weighted by molar-refractivity contribution is 0.0429. The van der Waals surface area contributed by atoms with Gasteiger partial charge in [-0.1, -0.05) is 0 Å². The molecule has 5 rings (SSSR count). The Bertz CT molecular complexity index is 1100. The molecule has 0 bridgehead atoms. The third-order valence-electron chi connectivity index (χ3n) is 6.33. The third kappa shape index (κ3) is 3.77. The molecule has 3 atom stereocenters. The molecule has 2 aromatic rings. The van der Waals surface area contributed by atoms with Gasteiger partial charge in [-0.05, 0) is 31.7 Å². The van der Waals surface area contributed by atoms with E-state index in [0.717, 1.165) is 21.4 Å². The van der Waals surface area contributed by atoms with Crippen molar-refractivity contribution in [3.05, 3.63) is 52.6 Å². The Morgan fingerprint density at radius 3 is 2.52 bits per heavy atom. The maximum absolute atomic E-state index is 14.2. The topological polar surface area (TPSA) is 90.5 Å². The first kappa shape index (κ1) is 20.9. The molecule has 2 aliphatic heterocycles. The van der Waals surface area contributed by atoms with E-state index in [1.165, 1.54) is 0 Å². The first-order chi connectivity index (χ1) is 14.7. The number of halogens is 3. The zero-order chi connectivity index (χ0) is 21.9. The molecule has 3 aliphatic rings.